The summed E-state index contributed by atoms with van der Waals surface area (Å²) >= 11 is 0. The van der Waals surface area contributed by atoms with E-state index >= 15 is 0 Å². The smallest absolute Gasteiger partial charge is 0.287 e. The molecule has 3 rings (SSSR count). The van der Waals surface area contributed by atoms with E-state index in [0.717, 1.165) is 12.0 Å². The van der Waals surface area contributed by atoms with Gasteiger partial charge in [0.15, 0.2) is 5.76 Å². The zero-order chi connectivity index (χ0) is 13.8. The van der Waals surface area contributed by atoms with Crippen LogP contribution >= 0.6 is 0 Å². The highest BCUT2D eigenvalue weighted by atomic mass is 16.3. The molecule has 0 aliphatic heterocycles. The van der Waals surface area contributed by atoms with Crippen LogP contribution in [0.15, 0.2) is 65.4 Å². The third kappa shape index (κ3) is 2.69. The molecule has 100 valence electrons. The first kappa shape index (κ1) is 12.4. The predicted octanol–water partition coefficient (Wildman–Crippen LogP) is 2.96. The van der Waals surface area contributed by atoms with Crippen molar-refractivity contribution in [2.24, 2.45) is 0 Å². The summed E-state index contributed by atoms with van der Waals surface area (Å²) < 4.78 is 5.58. The molecule has 0 spiro atoms. The standard InChI is InChI=1S/C16H14N2O2/c19-16(18-13-6-2-1-3-7-13)15-9-8-14(20-15)12-5-4-10-17-11-12/h1-6,8-11,13H,7H2,(H,18,19). The minimum absolute atomic E-state index is 0.0273. The van der Waals surface area contributed by atoms with Crippen LogP contribution in [0.3, 0.4) is 0 Å². The fourth-order valence-corrected chi connectivity index (χ4v) is 2.05. The topological polar surface area (TPSA) is 55.1 Å². The van der Waals surface area contributed by atoms with Crippen LogP contribution in [0.1, 0.15) is 17.0 Å². The van der Waals surface area contributed by atoms with Gasteiger partial charge in [-0.15, -0.1) is 0 Å². The monoisotopic (exact) mass is 266 g/mol. The van der Waals surface area contributed by atoms with E-state index in [4.69, 9.17) is 4.42 Å². The van der Waals surface area contributed by atoms with Gasteiger partial charge in [0.25, 0.3) is 5.91 Å². The molecule has 1 amide bonds. The second-order valence-corrected chi connectivity index (χ2v) is 4.53. The fourth-order valence-electron chi connectivity index (χ4n) is 2.05. The summed E-state index contributed by atoms with van der Waals surface area (Å²) in [6.45, 7) is 0. The van der Waals surface area contributed by atoms with Gasteiger partial charge in [0.05, 0.1) is 6.04 Å². The Hall–Kier alpha value is -2.62. The molecule has 2 aromatic rings. The maximum absolute atomic E-state index is 12.1. The normalized spacial score (nSPS) is 17.1. The van der Waals surface area contributed by atoms with Gasteiger partial charge in [0, 0.05) is 18.0 Å². The first-order valence-corrected chi connectivity index (χ1v) is 6.47. The van der Waals surface area contributed by atoms with E-state index in [1.807, 2.05) is 36.4 Å². The highest BCUT2D eigenvalue weighted by Gasteiger charge is 2.15. The van der Waals surface area contributed by atoms with Crippen molar-refractivity contribution in [3.8, 4) is 11.3 Å². The van der Waals surface area contributed by atoms with Crippen LogP contribution in [0.4, 0.5) is 0 Å². The van der Waals surface area contributed by atoms with Gasteiger partial charge in [-0.1, -0.05) is 24.3 Å². The lowest BCUT2D eigenvalue weighted by Crippen LogP contribution is -2.33. The quantitative estimate of drug-likeness (QED) is 0.929. The largest absolute Gasteiger partial charge is 0.451 e. The zero-order valence-corrected chi connectivity index (χ0v) is 10.8. The van der Waals surface area contributed by atoms with Crippen LogP contribution in [0, 0.1) is 0 Å². The van der Waals surface area contributed by atoms with Gasteiger partial charge in [-0.05, 0) is 30.7 Å². The number of hydrogen-bond acceptors (Lipinski definition) is 3. The van der Waals surface area contributed by atoms with Crippen molar-refractivity contribution < 1.29 is 9.21 Å². The highest BCUT2D eigenvalue weighted by molar-refractivity contribution is 5.92. The van der Waals surface area contributed by atoms with Gasteiger partial charge in [0.2, 0.25) is 0 Å². The molecule has 4 nitrogen and oxygen atoms in total. The average molecular weight is 266 g/mol. The summed E-state index contributed by atoms with van der Waals surface area (Å²) in [6.07, 6.45) is 12.1. The average Bonchev–Trinajstić information content (AvgIpc) is 2.99. The molecule has 4 heteroatoms. The molecular formula is C16H14N2O2. The van der Waals surface area contributed by atoms with Crippen LogP contribution in [0.25, 0.3) is 11.3 Å². The van der Waals surface area contributed by atoms with E-state index < -0.39 is 0 Å². The summed E-state index contributed by atoms with van der Waals surface area (Å²) in [5.74, 6) is 0.749. The first-order chi connectivity index (χ1) is 9.83. The van der Waals surface area contributed by atoms with Crippen LogP contribution < -0.4 is 5.32 Å². The molecule has 0 aromatic carbocycles. The number of rotatable bonds is 3. The summed E-state index contributed by atoms with van der Waals surface area (Å²) in [7, 11) is 0. The number of carbonyl (C=O) groups is 1. The molecule has 1 N–H and O–H groups in total. The number of nitrogens with zero attached hydrogens (tertiary/aromatic N) is 1. The first-order valence-electron chi connectivity index (χ1n) is 6.47. The van der Waals surface area contributed by atoms with E-state index in [0.29, 0.717) is 11.5 Å². The van der Waals surface area contributed by atoms with Crippen LogP contribution in [-0.4, -0.2) is 16.9 Å². The number of aromatic nitrogens is 1. The maximum Gasteiger partial charge on any atom is 0.287 e. The van der Waals surface area contributed by atoms with E-state index in [2.05, 4.69) is 10.3 Å². The number of carbonyl (C=O) groups excluding carboxylic acids is 1. The van der Waals surface area contributed by atoms with Crippen LogP contribution in [0.5, 0.6) is 0 Å². The molecule has 0 bridgehead atoms. The maximum atomic E-state index is 12.1. The third-order valence-electron chi connectivity index (χ3n) is 3.07. The van der Waals surface area contributed by atoms with Crippen molar-refractivity contribution in [2.75, 3.05) is 0 Å². The number of amides is 1. The number of pyridine rings is 1. The van der Waals surface area contributed by atoms with Crippen molar-refractivity contribution >= 4 is 5.91 Å². The van der Waals surface area contributed by atoms with Crippen LogP contribution in [0.2, 0.25) is 0 Å². The summed E-state index contributed by atoms with van der Waals surface area (Å²) in [5, 5.41) is 2.91. The molecule has 0 saturated carbocycles. The molecule has 2 heterocycles. The molecule has 1 aliphatic rings. The van der Waals surface area contributed by atoms with Gasteiger partial charge in [-0.2, -0.15) is 0 Å². The van der Waals surface area contributed by atoms with Gasteiger partial charge in [-0.25, -0.2) is 0 Å². The lowest BCUT2D eigenvalue weighted by Gasteiger charge is -2.13. The van der Waals surface area contributed by atoms with Gasteiger partial charge in [0.1, 0.15) is 5.76 Å². The number of hydrogen-bond donors (Lipinski definition) is 1. The lowest BCUT2D eigenvalue weighted by atomic mass is 10.1. The van der Waals surface area contributed by atoms with Crippen molar-refractivity contribution in [1.29, 1.82) is 0 Å². The molecule has 2 aromatic heterocycles. The van der Waals surface area contributed by atoms with E-state index in [9.17, 15) is 4.79 Å². The summed E-state index contributed by atoms with van der Waals surface area (Å²) in [4.78, 5) is 16.1. The lowest BCUT2D eigenvalue weighted by molar-refractivity contribution is 0.0917. The minimum Gasteiger partial charge on any atom is -0.451 e. The van der Waals surface area contributed by atoms with Crippen molar-refractivity contribution in [2.45, 2.75) is 12.5 Å². The molecule has 20 heavy (non-hydrogen) atoms. The van der Waals surface area contributed by atoms with Gasteiger partial charge < -0.3 is 9.73 Å². The fraction of sp³-hybridized carbons (Fsp3) is 0.125. The summed E-state index contributed by atoms with van der Waals surface area (Å²) in [5.41, 5.74) is 0.854. The Morgan fingerprint density at radius 1 is 1.30 bits per heavy atom. The Morgan fingerprint density at radius 3 is 3.00 bits per heavy atom. The molecule has 0 radical (unpaired) electrons. The Balaban J connectivity index is 1.72. The number of nitrogens with one attached hydrogen (secondary N) is 1. The van der Waals surface area contributed by atoms with E-state index in [1.165, 1.54) is 0 Å². The molecule has 0 fully saturated rings. The van der Waals surface area contributed by atoms with Crippen molar-refractivity contribution in [1.82, 2.24) is 10.3 Å². The number of allylic oxidation sites excluding steroid dienone is 2. The Labute approximate surface area is 116 Å². The van der Waals surface area contributed by atoms with E-state index in [1.54, 1.807) is 24.5 Å². The van der Waals surface area contributed by atoms with Gasteiger partial charge in [-0.3, -0.25) is 9.78 Å². The Bertz CT molecular complexity index is 656. The number of furan rings is 1. The molecule has 1 aliphatic carbocycles. The van der Waals surface area contributed by atoms with Crippen LogP contribution in [-0.2, 0) is 0 Å². The zero-order valence-electron chi connectivity index (χ0n) is 10.8. The molecule has 0 saturated heterocycles. The van der Waals surface area contributed by atoms with Crippen molar-refractivity contribution in [3.05, 3.63) is 66.7 Å². The third-order valence-corrected chi connectivity index (χ3v) is 3.07. The molecule has 1 unspecified atom stereocenters. The highest BCUT2D eigenvalue weighted by Crippen LogP contribution is 2.21. The Kier molecular flexibility index (Phi) is 3.46. The minimum atomic E-state index is -0.204. The Morgan fingerprint density at radius 2 is 2.25 bits per heavy atom. The second-order valence-electron chi connectivity index (χ2n) is 4.53. The van der Waals surface area contributed by atoms with E-state index in [-0.39, 0.29) is 11.9 Å². The van der Waals surface area contributed by atoms with Crippen molar-refractivity contribution in [3.63, 3.8) is 0 Å². The molecule has 1 atom stereocenters. The predicted molar refractivity (Wildman–Crippen MR) is 76.1 cm³/mol. The van der Waals surface area contributed by atoms with Gasteiger partial charge >= 0.3 is 0 Å². The second kappa shape index (κ2) is 5.57. The summed E-state index contributed by atoms with van der Waals surface area (Å²) in [6, 6.07) is 7.21. The SMILES string of the molecule is O=C(NC1C=CC=CC1)c1ccc(-c2cccnc2)o1. The molecular weight excluding hydrogens is 252 g/mol.